The van der Waals surface area contributed by atoms with Crippen LogP contribution in [0, 0.1) is 5.41 Å². The van der Waals surface area contributed by atoms with Crippen LogP contribution in [0.15, 0.2) is 34.9 Å². The van der Waals surface area contributed by atoms with Crippen LogP contribution in [0.4, 0.5) is 0 Å². The highest BCUT2D eigenvalue weighted by Gasteiger charge is 2.41. The fourth-order valence-corrected chi connectivity index (χ4v) is 4.89. The number of nitrogens with one attached hydrogen (secondary N) is 1. The molecule has 0 unspecified atom stereocenters. The minimum Gasteiger partial charge on any atom is -0.492 e. The zero-order chi connectivity index (χ0) is 22.3. The van der Waals surface area contributed by atoms with Gasteiger partial charge in [0.15, 0.2) is 5.58 Å². The maximum absolute atomic E-state index is 12.4. The van der Waals surface area contributed by atoms with Gasteiger partial charge in [-0.2, -0.15) is 0 Å². The normalized spacial score (nSPS) is 21.0. The Labute approximate surface area is 189 Å². The number of carbonyl (C=O) groups is 2. The Morgan fingerprint density at radius 2 is 2.12 bits per heavy atom. The van der Waals surface area contributed by atoms with Crippen LogP contribution in [0.3, 0.4) is 0 Å². The van der Waals surface area contributed by atoms with E-state index in [2.05, 4.69) is 15.4 Å². The van der Waals surface area contributed by atoms with Crippen molar-refractivity contribution in [1.29, 1.82) is 0 Å². The SMILES string of the molecule is O=C1CC[C@H](c2noc3ccc4cc(OCCN5CC(CO)(CCl)C5)ccc4c23)C(=O)N1. The summed E-state index contributed by atoms with van der Waals surface area (Å²) in [6, 6.07) is 9.59. The number of ether oxygens (including phenoxy) is 1. The Morgan fingerprint density at radius 3 is 2.88 bits per heavy atom. The van der Waals surface area contributed by atoms with Crippen molar-refractivity contribution in [2.24, 2.45) is 5.41 Å². The van der Waals surface area contributed by atoms with Crippen LogP contribution >= 0.6 is 11.6 Å². The Hall–Kier alpha value is -2.68. The number of carbonyl (C=O) groups excluding carboxylic acids is 2. The van der Waals surface area contributed by atoms with Crippen LogP contribution in [0.1, 0.15) is 24.5 Å². The molecule has 0 aliphatic carbocycles. The van der Waals surface area contributed by atoms with Gasteiger partial charge >= 0.3 is 0 Å². The molecule has 2 aliphatic heterocycles. The van der Waals surface area contributed by atoms with E-state index in [1.54, 1.807) is 0 Å². The van der Waals surface area contributed by atoms with Crippen LogP contribution in [0.5, 0.6) is 5.75 Å². The molecule has 0 bridgehead atoms. The van der Waals surface area contributed by atoms with Crippen molar-refractivity contribution in [3.63, 3.8) is 0 Å². The number of aromatic nitrogens is 1. The third kappa shape index (κ3) is 3.72. The number of amides is 2. The molecule has 1 atom stereocenters. The summed E-state index contributed by atoms with van der Waals surface area (Å²) < 4.78 is 11.4. The minimum absolute atomic E-state index is 0.108. The lowest BCUT2D eigenvalue weighted by Crippen LogP contribution is -2.60. The second kappa shape index (κ2) is 8.35. The minimum atomic E-state index is -0.508. The Bertz CT molecular complexity index is 1180. The van der Waals surface area contributed by atoms with Crippen LogP contribution < -0.4 is 10.1 Å². The second-order valence-corrected chi connectivity index (χ2v) is 9.01. The molecule has 5 rings (SSSR count). The van der Waals surface area contributed by atoms with Crippen molar-refractivity contribution in [2.75, 3.05) is 38.7 Å². The molecule has 3 aromatic rings. The summed E-state index contributed by atoms with van der Waals surface area (Å²) >= 11 is 5.95. The number of fused-ring (bicyclic) bond motifs is 3. The molecule has 1 aromatic heterocycles. The Kier molecular flexibility index (Phi) is 5.53. The number of halogens is 1. The molecule has 168 valence electrons. The van der Waals surface area contributed by atoms with Gasteiger partial charge in [0, 0.05) is 37.4 Å². The fourth-order valence-electron chi connectivity index (χ4n) is 4.63. The van der Waals surface area contributed by atoms with Gasteiger partial charge in [-0.1, -0.05) is 11.2 Å². The van der Waals surface area contributed by atoms with Crippen molar-refractivity contribution in [3.8, 4) is 5.75 Å². The predicted molar refractivity (Wildman–Crippen MR) is 119 cm³/mol. The fraction of sp³-hybridized carbons (Fsp3) is 0.435. The summed E-state index contributed by atoms with van der Waals surface area (Å²) in [4.78, 5) is 26.1. The second-order valence-electron chi connectivity index (χ2n) is 8.74. The highest BCUT2D eigenvalue weighted by Crippen LogP contribution is 2.36. The third-order valence-corrected chi connectivity index (χ3v) is 7.00. The number of piperidine rings is 1. The first kappa shape index (κ1) is 21.2. The van der Waals surface area contributed by atoms with Gasteiger partial charge in [-0.15, -0.1) is 11.6 Å². The van der Waals surface area contributed by atoms with Gasteiger partial charge in [0.05, 0.1) is 17.9 Å². The summed E-state index contributed by atoms with van der Waals surface area (Å²) in [5, 5.41) is 18.7. The summed E-state index contributed by atoms with van der Waals surface area (Å²) in [7, 11) is 0. The third-order valence-electron chi connectivity index (χ3n) is 6.43. The number of likely N-dealkylation sites (tertiary alicyclic amines) is 1. The molecule has 2 aliphatic rings. The standard InChI is InChI=1S/C23H24ClN3O5/c24-10-23(13-28)11-27(12-23)7-8-31-15-2-3-16-14(9-15)1-5-18-20(16)21(26-32-18)17-4-6-19(29)25-22(17)30/h1-3,5,9,17,28H,4,6-8,10-13H2,(H,25,29,30)/t17-/m1/s1. The average molecular weight is 458 g/mol. The van der Waals surface area contributed by atoms with E-state index in [4.69, 9.17) is 20.9 Å². The largest absolute Gasteiger partial charge is 0.492 e. The molecule has 9 heteroatoms. The number of benzene rings is 2. The van der Waals surface area contributed by atoms with Crippen molar-refractivity contribution in [1.82, 2.24) is 15.4 Å². The molecular weight excluding hydrogens is 434 g/mol. The summed E-state index contributed by atoms with van der Waals surface area (Å²) in [6.45, 7) is 2.97. The van der Waals surface area contributed by atoms with E-state index < -0.39 is 5.92 Å². The summed E-state index contributed by atoms with van der Waals surface area (Å²) in [5.41, 5.74) is 0.999. The summed E-state index contributed by atoms with van der Waals surface area (Å²) in [6.07, 6.45) is 0.705. The highest BCUT2D eigenvalue weighted by molar-refractivity contribution is 6.18. The van der Waals surface area contributed by atoms with Crippen molar-refractivity contribution < 1.29 is 24.0 Å². The molecule has 2 fully saturated rings. The lowest BCUT2D eigenvalue weighted by molar-refractivity contribution is -0.134. The quantitative estimate of drug-likeness (QED) is 0.414. The van der Waals surface area contributed by atoms with Crippen molar-refractivity contribution in [2.45, 2.75) is 18.8 Å². The molecule has 32 heavy (non-hydrogen) atoms. The molecule has 0 saturated carbocycles. The Balaban J connectivity index is 1.32. The lowest BCUT2D eigenvalue weighted by atomic mass is 9.83. The van der Waals surface area contributed by atoms with Crippen LogP contribution in [-0.4, -0.2) is 65.7 Å². The van der Waals surface area contributed by atoms with Gasteiger partial charge in [0.1, 0.15) is 18.1 Å². The average Bonchev–Trinajstić information content (AvgIpc) is 3.20. The number of hydrogen-bond donors (Lipinski definition) is 2. The van der Waals surface area contributed by atoms with Gasteiger partial charge in [0.25, 0.3) is 0 Å². The molecule has 2 amide bonds. The topological polar surface area (TPSA) is 105 Å². The van der Waals surface area contributed by atoms with Crippen molar-refractivity contribution in [3.05, 3.63) is 36.0 Å². The van der Waals surface area contributed by atoms with Gasteiger partial charge in [-0.3, -0.25) is 19.8 Å². The maximum Gasteiger partial charge on any atom is 0.235 e. The van der Waals surface area contributed by atoms with Gasteiger partial charge in [0.2, 0.25) is 11.8 Å². The Morgan fingerprint density at radius 1 is 1.28 bits per heavy atom. The maximum atomic E-state index is 12.4. The summed E-state index contributed by atoms with van der Waals surface area (Å²) in [5.74, 6) is 0.115. The van der Waals surface area contributed by atoms with Crippen LogP contribution in [0.25, 0.3) is 21.7 Å². The molecule has 8 nitrogen and oxygen atoms in total. The smallest absolute Gasteiger partial charge is 0.235 e. The van der Waals surface area contributed by atoms with E-state index in [0.717, 1.165) is 41.5 Å². The number of nitrogens with zero attached hydrogens (tertiary/aromatic N) is 2. The lowest BCUT2D eigenvalue weighted by Gasteiger charge is -2.48. The van der Waals surface area contributed by atoms with E-state index >= 15 is 0 Å². The molecule has 0 spiro atoms. The van der Waals surface area contributed by atoms with Gasteiger partial charge in [-0.05, 0) is 41.5 Å². The molecule has 0 radical (unpaired) electrons. The molecule has 2 saturated heterocycles. The van der Waals surface area contributed by atoms with E-state index in [9.17, 15) is 14.7 Å². The number of aliphatic hydroxyl groups is 1. The van der Waals surface area contributed by atoms with E-state index in [1.807, 2.05) is 30.3 Å². The number of hydrogen-bond acceptors (Lipinski definition) is 7. The first-order valence-electron chi connectivity index (χ1n) is 10.7. The van der Waals surface area contributed by atoms with E-state index in [0.29, 0.717) is 30.2 Å². The van der Waals surface area contributed by atoms with Crippen LogP contribution in [0.2, 0.25) is 0 Å². The monoisotopic (exact) mass is 457 g/mol. The van der Waals surface area contributed by atoms with Crippen molar-refractivity contribution >= 4 is 45.2 Å². The number of alkyl halides is 1. The number of aliphatic hydroxyl groups excluding tert-OH is 1. The van der Waals surface area contributed by atoms with E-state index in [1.165, 1.54) is 0 Å². The number of imide groups is 1. The molecule has 3 heterocycles. The van der Waals surface area contributed by atoms with E-state index in [-0.39, 0.29) is 30.3 Å². The molecule has 2 N–H and O–H groups in total. The highest BCUT2D eigenvalue weighted by atomic mass is 35.5. The zero-order valence-electron chi connectivity index (χ0n) is 17.5. The zero-order valence-corrected chi connectivity index (χ0v) is 18.2. The predicted octanol–water partition coefficient (Wildman–Crippen LogP) is 2.41. The van der Waals surface area contributed by atoms with Gasteiger partial charge < -0.3 is 14.4 Å². The first-order valence-corrected chi connectivity index (χ1v) is 11.2. The molecular formula is C23H24ClN3O5. The first-order chi connectivity index (χ1) is 15.5. The van der Waals surface area contributed by atoms with Crippen LogP contribution in [-0.2, 0) is 9.59 Å². The number of rotatable bonds is 7. The molecule has 2 aromatic carbocycles. The van der Waals surface area contributed by atoms with Gasteiger partial charge in [-0.25, -0.2) is 0 Å².